The van der Waals surface area contributed by atoms with Crippen LogP contribution in [0.25, 0.3) is 0 Å². The molecule has 0 saturated heterocycles. The Hall–Kier alpha value is -2.60. The molecule has 5 nitrogen and oxygen atoms in total. The molecule has 2 aromatic rings. The third-order valence-corrected chi connectivity index (χ3v) is 4.05. The molecule has 0 fully saturated rings. The van der Waals surface area contributed by atoms with Gasteiger partial charge in [-0.2, -0.15) is 0 Å². The van der Waals surface area contributed by atoms with Crippen LogP contribution in [0.1, 0.15) is 25.8 Å². The van der Waals surface area contributed by atoms with Gasteiger partial charge in [0, 0.05) is 23.8 Å². The summed E-state index contributed by atoms with van der Waals surface area (Å²) in [7, 11) is 0. The number of rotatable bonds is 7. The van der Waals surface area contributed by atoms with Gasteiger partial charge in [0.1, 0.15) is 12.4 Å². The number of aryl methyl sites for hydroxylation is 1. The molecule has 146 valence electrons. The highest BCUT2D eigenvalue weighted by Crippen LogP contribution is 2.14. The van der Waals surface area contributed by atoms with Crippen molar-refractivity contribution in [1.82, 2.24) is 4.90 Å². The maximum absolute atomic E-state index is 12.9. The average molecular weight is 394 g/mol. The Morgan fingerprint density at radius 1 is 1.11 bits per heavy atom. The molecule has 0 saturated carbocycles. The minimum atomic E-state index is -0.373. The van der Waals surface area contributed by atoms with Gasteiger partial charge in [-0.05, 0) is 56.2 Å². The number of para-hydroxylation sites is 1. The number of nitrogens with zero attached hydrogens (tertiary/aromatic N) is 1. The van der Waals surface area contributed by atoms with E-state index in [2.05, 4.69) is 5.32 Å². The maximum Gasteiger partial charge on any atom is 0.244 e. The van der Waals surface area contributed by atoms with Crippen LogP contribution in [0, 0.1) is 5.82 Å². The molecule has 7 heteroatoms. The smallest absolute Gasteiger partial charge is 0.244 e. The lowest BCUT2D eigenvalue weighted by Gasteiger charge is -2.26. The topological polar surface area (TPSA) is 75.4 Å². The summed E-state index contributed by atoms with van der Waals surface area (Å²) in [6.07, 6.45) is 0.796. The molecule has 27 heavy (non-hydrogen) atoms. The van der Waals surface area contributed by atoms with E-state index in [1.807, 2.05) is 32.0 Å². The molecular formula is C20H25ClFN3O2. The molecule has 0 aromatic heterocycles. The van der Waals surface area contributed by atoms with E-state index in [9.17, 15) is 14.0 Å². The molecule has 0 spiro atoms. The molecule has 0 bridgehead atoms. The second kappa shape index (κ2) is 10.5. The Bertz CT molecular complexity index is 766. The molecule has 0 aliphatic rings. The monoisotopic (exact) mass is 393 g/mol. The molecule has 0 heterocycles. The molecule has 0 unspecified atom stereocenters. The number of nitrogen functional groups attached to an aromatic ring is 1. The van der Waals surface area contributed by atoms with Crippen LogP contribution in [-0.2, 0) is 16.0 Å². The number of anilines is 2. The van der Waals surface area contributed by atoms with Crippen molar-refractivity contribution in [2.24, 2.45) is 0 Å². The first kappa shape index (κ1) is 22.4. The van der Waals surface area contributed by atoms with Crippen LogP contribution < -0.4 is 11.1 Å². The number of carbonyl (C=O) groups excluding carboxylic acids is 2. The van der Waals surface area contributed by atoms with E-state index in [0.717, 1.165) is 5.56 Å². The van der Waals surface area contributed by atoms with E-state index in [-0.39, 0.29) is 49.0 Å². The Morgan fingerprint density at radius 2 is 1.74 bits per heavy atom. The predicted molar refractivity (Wildman–Crippen MR) is 108 cm³/mol. The maximum atomic E-state index is 12.9. The van der Waals surface area contributed by atoms with Crippen molar-refractivity contribution in [3.8, 4) is 0 Å². The Kier molecular flexibility index (Phi) is 8.75. The minimum Gasteiger partial charge on any atom is -0.399 e. The highest BCUT2D eigenvalue weighted by atomic mass is 35.5. The van der Waals surface area contributed by atoms with Crippen molar-refractivity contribution in [1.29, 1.82) is 0 Å². The summed E-state index contributed by atoms with van der Waals surface area (Å²) < 4.78 is 12.9. The number of nitrogens with two attached hydrogens (primary N) is 1. The highest BCUT2D eigenvalue weighted by Gasteiger charge is 2.20. The third kappa shape index (κ3) is 6.90. The van der Waals surface area contributed by atoms with Crippen LogP contribution in [0.2, 0.25) is 0 Å². The van der Waals surface area contributed by atoms with Gasteiger partial charge in [0.25, 0.3) is 0 Å². The summed E-state index contributed by atoms with van der Waals surface area (Å²) in [5.41, 5.74) is 7.97. The number of nitrogens with one attached hydrogen (secondary N) is 1. The lowest BCUT2D eigenvalue weighted by molar-refractivity contribution is -0.136. The van der Waals surface area contributed by atoms with E-state index in [4.69, 9.17) is 5.73 Å². The van der Waals surface area contributed by atoms with Gasteiger partial charge in [0.2, 0.25) is 11.8 Å². The van der Waals surface area contributed by atoms with E-state index < -0.39 is 0 Å². The number of hydrogen-bond acceptors (Lipinski definition) is 3. The molecule has 2 amide bonds. The zero-order valence-electron chi connectivity index (χ0n) is 15.4. The number of carbonyl (C=O) groups is 2. The zero-order chi connectivity index (χ0) is 19.1. The lowest BCUT2D eigenvalue weighted by Crippen LogP contribution is -2.42. The van der Waals surface area contributed by atoms with Gasteiger partial charge in [-0.3, -0.25) is 9.59 Å². The van der Waals surface area contributed by atoms with Crippen molar-refractivity contribution in [2.75, 3.05) is 17.6 Å². The fourth-order valence-electron chi connectivity index (χ4n) is 2.59. The Labute approximate surface area is 165 Å². The SMILES string of the molecule is CC(C)N(CC(=O)Nc1ccc(F)cc1)C(=O)CCc1ccccc1N.Cl. The van der Waals surface area contributed by atoms with Gasteiger partial charge in [-0.15, -0.1) is 12.4 Å². The first-order valence-electron chi connectivity index (χ1n) is 8.55. The fourth-order valence-corrected chi connectivity index (χ4v) is 2.59. The first-order valence-corrected chi connectivity index (χ1v) is 8.55. The second-order valence-electron chi connectivity index (χ2n) is 6.37. The van der Waals surface area contributed by atoms with Crippen LogP contribution in [0.15, 0.2) is 48.5 Å². The number of amides is 2. The van der Waals surface area contributed by atoms with Gasteiger partial charge in [-0.25, -0.2) is 4.39 Å². The number of hydrogen-bond donors (Lipinski definition) is 2. The van der Waals surface area contributed by atoms with Crippen molar-refractivity contribution >= 4 is 35.6 Å². The van der Waals surface area contributed by atoms with Crippen molar-refractivity contribution in [2.45, 2.75) is 32.7 Å². The quantitative estimate of drug-likeness (QED) is 0.705. The summed E-state index contributed by atoms with van der Waals surface area (Å²) in [5, 5.41) is 2.67. The van der Waals surface area contributed by atoms with Gasteiger partial charge < -0.3 is 16.0 Å². The Morgan fingerprint density at radius 3 is 2.33 bits per heavy atom. The van der Waals surface area contributed by atoms with Crippen LogP contribution in [0.4, 0.5) is 15.8 Å². The normalized spacial score (nSPS) is 10.2. The third-order valence-electron chi connectivity index (χ3n) is 4.05. The number of halogens is 2. The molecule has 0 radical (unpaired) electrons. The van der Waals surface area contributed by atoms with Gasteiger partial charge in [0.15, 0.2) is 0 Å². The summed E-state index contributed by atoms with van der Waals surface area (Å²) in [5.74, 6) is -0.808. The van der Waals surface area contributed by atoms with Gasteiger partial charge in [-0.1, -0.05) is 18.2 Å². The predicted octanol–water partition coefficient (Wildman–Crippen LogP) is 3.64. The van der Waals surface area contributed by atoms with E-state index in [1.165, 1.54) is 29.2 Å². The van der Waals surface area contributed by atoms with E-state index in [1.54, 1.807) is 6.07 Å². The van der Waals surface area contributed by atoms with E-state index >= 15 is 0 Å². The second-order valence-corrected chi connectivity index (χ2v) is 6.37. The van der Waals surface area contributed by atoms with Gasteiger partial charge >= 0.3 is 0 Å². The number of benzene rings is 2. The van der Waals surface area contributed by atoms with Crippen LogP contribution in [-0.4, -0.2) is 29.3 Å². The molecule has 0 aliphatic carbocycles. The molecule has 0 aliphatic heterocycles. The van der Waals surface area contributed by atoms with Crippen molar-refractivity contribution < 1.29 is 14.0 Å². The minimum absolute atomic E-state index is 0. The summed E-state index contributed by atoms with van der Waals surface area (Å²) >= 11 is 0. The summed E-state index contributed by atoms with van der Waals surface area (Å²) in [6.45, 7) is 3.66. The van der Waals surface area contributed by atoms with Crippen molar-refractivity contribution in [3.05, 3.63) is 59.9 Å². The van der Waals surface area contributed by atoms with Gasteiger partial charge in [0.05, 0.1) is 0 Å². The molecule has 2 rings (SSSR count). The molecule has 2 aromatic carbocycles. The Balaban J connectivity index is 0.00000364. The summed E-state index contributed by atoms with van der Waals surface area (Å²) in [6, 6.07) is 12.8. The van der Waals surface area contributed by atoms with Crippen LogP contribution in [0.3, 0.4) is 0 Å². The first-order chi connectivity index (χ1) is 12.4. The highest BCUT2D eigenvalue weighted by molar-refractivity contribution is 5.94. The average Bonchev–Trinajstić information content (AvgIpc) is 2.60. The van der Waals surface area contributed by atoms with E-state index in [0.29, 0.717) is 17.8 Å². The van der Waals surface area contributed by atoms with Crippen LogP contribution in [0.5, 0.6) is 0 Å². The zero-order valence-corrected chi connectivity index (χ0v) is 16.3. The molecular weight excluding hydrogens is 369 g/mol. The molecule has 0 atom stereocenters. The fraction of sp³-hybridized carbons (Fsp3) is 0.300. The molecule has 3 N–H and O–H groups in total. The summed E-state index contributed by atoms with van der Waals surface area (Å²) in [4.78, 5) is 26.3. The standard InChI is InChI=1S/C20H24FN3O2.ClH/c1-14(2)24(13-19(25)23-17-10-8-16(21)9-11-17)20(26)12-7-15-5-3-4-6-18(15)22;/h3-6,8-11,14H,7,12-13,22H2,1-2H3,(H,23,25);1H. The largest absolute Gasteiger partial charge is 0.399 e. The van der Waals surface area contributed by atoms with Crippen molar-refractivity contribution in [3.63, 3.8) is 0 Å². The van der Waals surface area contributed by atoms with Crippen LogP contribution >= 0.6 is 12.4 Å². The lowest BCUT2D eigenvalue weighted by atomic mass is 10.1.